The van der Waals surface area contributed by atoms with Gasteiger partial charge in [0.2, 0.25) is 0 Å². The molecule has 1 aromatic rings. The van der Waals surface area contributed by atoms with E-state index in [1.165, 1.54) is 5.56 Å². The van der Waals surface area contributed by atoms with Gasteiger partial charge in [-0.3, -0.25) is 0 Å². The fourth-order valence-electron chi connectivity index (χ4n) is 1.22. The van der Waals surface area contributed by atoms with Gasteiger partial charge in [-0.15, -0.1) is 0 Å². The van der Waals surface area contributed by atoms with Crippen LogP contribution in [0.25, 0.3) is 0 Å². The lowest BCUT2D eigenvalue weighted by atomic mass is 10.2. The monoisotopic (exact) mass is 210 g/mol. The topological polar surface area (TPSA) is 27.7 Å². The predicted molar refractivity (Wildman–Crippen MR) is 59.1 cm³/mol. The van der Waals surface area contributed by atoms with Gasteiger partial charge in [0, 0.05) is 14.2 Å². The van der Waals surface area contributed by atoms with Crippen LogP contribution in [0, 0.1) is 0 Å². The van der Waals surface area contributed by atoms with Gasteiger partial charge in [-0.05, 0) is 24.1 Å². The maximum atomic E-state index is 5.50. The smallest absolute Gasteiger partial charge is 0.191 e. The van der Waals surface area contributed by atoms with Gasteiger partial charge in [0.15, 0.2) is 6.29 Å². The summed E-state index contributed by atoms with van der Waals surface area (Å²) in [6, 6.07) is 8.04. The van der Waals surface area contributed by atoms with E-state index in [2.05, 4.69) is 19.1 Å². The Morgan fingerprint density at radius 3 is 2.13 bits per heavy atom. The van der Waals surface area contributed by atoms with Crippen LogP contribution in [-0.2, 0) is 15.9 Å². The summed E-state index contributed by atoms with van der Waals surface area (Å²) in [5.74, 6) is 0.839. The van der Waals surface area contributed by atoms with E-state index >= 15 is 0 Å². The zero-order chi connectivity index (χ0) is 11.1. The van der Waals surface area contributed by atoms with Gasteiger partial charge in [0.25, 0.3) is 0 Å². The molecule has 0 aliphatic heterocycles. The molecule has 3 heteroatoms. The third kappa shape index (κ3) is 3.90. The lowest BCUT2D eigenvalue weighted by Gasteiger charge is -2.14. The molecule has 0 bridgehead atoms. The van der Waals surface area contributed by atoms with Gasteiger partial charge in [-0.2, -0.15) is 0 Å². The summed E-state index contributed by atoms with van der Waals surface area (Å²) in [4.78, 5) is 0. The van der Waals surface area contributed by atoms with Gasteiger partial charge in [-0.1, -0.05) is 19.1 Å². The van der Waals surface area contributed by atoms with Crippen molar-refractivity contribution in [3.63, 3.8) is 0 Å². The normalized spacial score (nSPS) is 10.7. The van der Waals surface area contributed by atoms with Crippen LogP contribution in [0.15, 0.2) is 24.3 Å². The molecule has 0 aliphatic rings. The zero-order valence-corrected chi connectivity index (χ0v) is 9.53. The number of ether oxygens (including phenoxy) is 3. The maximum Gasteiger partial charge on any atom is 0.191 e. The second kappa shape index (κ2) is 6.43. The summed E-state index contributed by atoms with van der Waals surface area (Å²) in [6.07, 6.45) is 0.731. The summed E-state index contributed by atoms with van der Waals surface area (Å²) in [5, 5.41) is 0. The first-order valence-electron chi connectivity index (χ1n) is 5.07. The number of methoxy groups -OCH3 is 2. The summed E-state index contributed by atoms with van der Waals surface area (Å²) in [6.45, 7) is 2.53. The van der Waals surface area contributed by atoms with E-state index in [9.17, 15) is 0 Å². The highest BCUT2D eigenvalue weighted by atomic mass is 16.7. The molecule has 1 aromatic carbocycles. The van der Waals surface area contributed by atoms with Crippen molar-refractivity contribution in [2.45, 2.75) is 19.6 Å². The molecule has 0 aromatic heterocycles. The van der Waals surface area contributed by atoms with Crippen molar-refractivity contribution in [1.82, 2.24) is 0 Å². The number of hydrogen-bond acceptors (Lipinski definition) is 3. The first kappa shape index (κ1) is 12.0. The molecule has 84 valence electrons. The molecule has 1 rings (SSSR count). The molecule has 0 atom stereocenters. The highest BCUT2D eigenvalue weighted by Crippen LogP contribution is 2.13. The lowest BCUT2D eigenvalue weighted by molar-refractivity contribution is -0.121. The van der Waals surface area contributed by atoms with Crippen LogP contribution in [-0.4, -0.2) is 27.1 Å². The van der Waals surface area contributed by atoms with E-state index in [1.54, 1.807) is 14.2 Å². The Hall–Kier alpha value is -1.06. The van der Waals surface area contributed by atoms with Crippen LogP contribution in [0.3, 0.4) is 0 Å². The fraction of sp³-hybridized carbons (Fsp3) is 0.500. The van der Waals surface area contributed by atoms with Crippen LogP contribution in [0.2, 0.25) is 0 Å². The van der Waals surface area contributed by atoms with Gasteiger partial charge in [0.1, 0.15) is 12.4 Å². The van der Waals surface area contributed by atoms with E-state index in [-0.39, 0.29) is 6.29 Å². The first-order valence-corrected chi connectivity index (χ1v) is 5.07. The molecule has 0 amide bonds. The highest BCUT2D eigenvalue weighted by molar-refractivity contribution is 5.27. The fourth-order valence-corrected chi connectivity index (χ4v) is 1.22. The van der Waals surface area contributed by atoms with Crippen LogP contribution < -0.4 is 4.74 Å². The number of benzene rings is 1. The van der Waals surface area contributed by atoms with E-state index in [0.29, 0.717) is 6.61 Å². The molecule has 0 saturated heterocycles. The minimum Gasteiger partial charge on any atom is -0.488 e. The van der Waals surface area contributed by atoms with Crippen molar-refractivity contribution < 1.29 is 14.2 Å². The largest absolute Gasteiger partial charge is 0.488 e. The first-order chi connectivity index (χ1) is 7.30. The number of aryl methyl sites for hydroxylation is 1. The van der Waals surface area contributed by atoms with Crippen molar-refractivity contribution in [2.24, 2.45) is 0 Å². The van der Waals surface area contributed by atoms with Crippen molar-refractivity contribution >= 4 is 0 Å². The molecule has 0 N–H and O–H groups in total. The Bertz CT molecular complexity index is 265. The predicted octanol–water partition coefficient (Wildman–Crippen LogP) is 2.25. The van der Waals surface area contributed by atoms with E-state index < -0.39 is 0 Å². The quantitative estimate of drug-likeness (QED) is 0.674. The third-order valence-corrected chi connectivity index (χ3v) is 2.24. The number of rotatable bonds is 6. The molecular formula is C12H18O3. The molecule has 0 spiro atoms. The Morgan fingerprint density at radius 1 is 1.07 bits per heavy atom. The molecule has 0 saturated carbocycles. The average molecular weight is 210 g/mol. The third-order valence-electron chi connectivity index (χ3n) is 2.24. The molecule has 3 nitrogen and oxygen atoms in total. The van der Waals surface area contributed by atoms with Gasteiger partial charge >= 0.3 is 0 Å². The van der Waals surface area contributed by atoms with E-state index in [4.69, 9.17) is 14.2 Å². The van der Waals surface area contributed by atoms with Gasteiger partial charge < -0.3 is 14.2 Å². The Balaban J connectivity index is 2.43. The summed E-state index contributed by atoms with van der Waals surface area (Å²) < 4.78 is 15.5. The maximum absolute atomic E-state index is 5.50. The summed E-state index contributed by atoms with van der Waals surface area (Å²) >= 11 is 0. The molecule has 15 heavy (non-hydrogen) atoms. The number of hydrogen-bond donors (Lipinski definition) is 0. The van der Waals surface area contributed by atoms with Crippen LogP contribution in [0.1, 0.15) is 12.5 Å². The molecule has 0 radical (unpaired) electrons. The van der Waals surface area contributed by atoms with Crippen molar-refractivity contribution in [3.8, 4) is 5.75 Å². The molecule has 0 unspecified atom stereocenters. The SMILES string of the molecule is CCc1ccc(OCC(OC)OC)cc1. The molecular weight excluding hydrogens is 192 g/mol. The average Bonchev–Trinajstić information content (AvgIpc) is 2.31. The lowest BCUT2D eigenvalue weighted by Crippen LogP contribution is -2.21. The van der Waals surface area contributed by atoms with E-state index in [1.807, 2.05) is 12.1 Å². The summed E-state index contributed by atoms with van der Waals surface area (Å²) in [7, 11) is 3.19. The second-order valence-corrected chi connectivity index (χ2v) is 3.21. The Morgan fingerprint density at radius 2 is 1.67 bits per heavy atom. The van der Waals surface area contributed by atoms with E-state index in [0.717, 1.165) is 12.2 Å². The van der Waals surface area contributed by atoms with Gasteiger partial charge in [-0.25, -0.2) is 0 Å². The minimum absolute atomic E-state index is 0.309. The summed E-state index contributed by atoms with van der Waals surface area (Å²) in [5.41, 5.74) is 1.30. The van der Waals surface area contributed by atoms with Crippen LogP contribution >= 0.6 is 0 Å². The molecule has 0 fully saturated rings. The van der Waals surface area contributed by atoms with Crippen LogP contribution in [0.4, 0.5) is 0 Å². The van der Waals surface area contributed by atoms with Crippen molar-refractivity contribution in [3.05, 3.63) is 29.8 Å². The Labute approximate surface area is 91.0 Å². The molecule has 0 aliphatic carbocycles. The Kier molecular flexibility index (Phi) is 5.15. The van der Waals surface area contributed by atoms with Crippen molar-refractivity contribution in [2.75, 3.05) is 20.8 Å². The highest BCUT2D eigenvalue weighted by Gasteiger charge is 2.05. The molecule has 0 heterocycles. The standard InChI is InChI=1S/C12H18O3/c1-4-10-5-7-11(8-6-10)15-9-12(13-2)14-3/h5-8,12H,4,9H2,1-3H3. The van der Waals surface area contributed by atoms with Crippen LogP contribution in [0.5, 0.6) is 5.75 Å². The second-order valence-electron chi connectivity index (χ2n) is 3.21. The van der Waals surface area contributed by atoms with Crippen molar-refractivity contribution in [1.29, 1.82) is 0 Å². The zero-order valence-electron chi connectivity index (χ0n) is 9.53. The van der Waals surface area contributed by atoms with Gasteiger partial charge in [0.05, 0.1) is 0 Å². The minimum atomic E-state index is -0.309.